The molecule has 0 saturated heterocycles. The number of rotatable bonds is 10. The summed E-state index contributed by atoms with van der Waals surface area (Å²) in [5.74, 6) is -0.344. The summed E-state index contributed by atoms with van der Waals surface area (Å²) in [5.41, 5.74) is 14.4. The van der Waals surface area contributed by atoms with Crippen molar-refractivity contribution in [3.63, 3.8) is 0 Å². The van der Waals surface area contributed by atoms with Gasteiger partial charge >= 0.3 is 0 Å². The highest BCUT2D eigenvalue weighted by Gasteiger charge is 2.22. The second-order valence-corrected chi connectivity index (χ2v) is 15.2. The van der Waals surface area contributed by atoms with Gasteiger partial charge in [0.25, 0.3) is 11.4 Å². The number of pyridine rings is 2. The van der Waals surface area contributed by atoms with Gasteiger partial charge in [-0.05, 0) is 111 Å². The Morgan fingerprint density at radius 2 is 1.14 bits per heavy atom. The van der Waals surface area contributed by atoms with Gasteiger partial charge in [0, 0.05) is 83.5 Å². The lowest BCUT2D eigenvalue weighted by atomic mass is 9.93. The number of hydrogen-bond donors (Lipinski definition) is 1. The van der Waals surface area contributed by atoms with Gasteiger partial charge in [-0.15, -0.1) is 0 Å². The number of nitro benzene ring substituents is 2. The van der Waals surface area contributed by atoms with E-state index in [1.165, 1.54) is 36.4 Å². The number of aryl methyl sites for hydroxylation is 5. The van der Waals surface area contributed by atoms with Gasteiger partial charge in [0.05, 0.1) is 26.4 Å². The van der Waals surface area contributed by atoms with Gasteiger partial charge < -0.3 is 5.73 Å². The first-order valence-electron chi connectivity index (χ1n) is 19.9. The van der Waals surface area contributed by atoms with Gasteiger partial charge in [-0.1, -0.05) is 31.2 Å². The molecule has 0 amide bonds. The molecule has 2 atom stereocenters. The van der Waals surface area contributed by atoms with Crippen LogP contribution in [0.3, 0.4) is 0 Å². The van der Waals surface area contributed by atoms with Crippen LogP contribution in [0, 0.1) is 45.7 Å². The third-order valence-corrected chi connectivity index (χ3v) is 10.6. The average molecular weight is 854 g/mol. The Hall–Kier alpha value is -7.59. The lowest BCUT2D eigenvalue weighted by Gasteiger charge is -2.12. The molecule has 2 N–H and O–H groups in total. The fourth-order valence-corrected chi connectivity index (χ4v) is 7.18. The van der Waals surface area contributed by atoms with E-state index in [4.69, 9.17) is 5.73 Å². The molecule has 8 rings (SSSR count). The van der Waals surface area contributed by atoms with Gasteiger partial charge in [-0.3, -0.25) is 44.4 Å². The number of aromatic nitrogens is 6. The Balaban J connectivity index is 0.000000178. The van der Waals surface area contributed by atoms with Crippen LogP contribution in [-0.4, -0.2) is 45.7 Å². The first kappa shape index (κ1) is 44.9. The molecule has 8 aromatic rings. The number of aldehydes is 1. The normalized spacial score (nSPS) is 11.9. The average Bonchev–Trinajstić information content (AvgIpc) is 3.77. The Morgan fingerprint density at radius 1 is 0.683 bits per heavy atom. The van der Waals surface area contributed by atoms with E-state index in [2.05, 4.69) is 20.2 Å². The van der Waals surface area contributed by atoms with Crippen molar-refractivity contribution in [1.82, 2.24) is 29.5 Å². The number of benzene rings is 4. The van der Waals surface area contributed by atoms with E-state index in [1.54, 1.807) is 66.2 Å². The summed E-state index contributed by atoms with van der Waals surface area (Å²) in [7, 11) is 3.50. The van der Waals surface area contributed by atoms with Crippen LogP contribution in [0.25, 0.3) is 44.3 Å². The Labute approximate surface area is 361 Å². The van der Waals surface area contributed by atoms with Crippen molar-refractivity contribution < 1.29 is 23.4 Å². The van der Waals surface area contributed by atoms with Gasteiger partial charge in [-0.2, -0.15) is 10.2 Å². The standard InChI is InChI=1S/C24H23FN4O2.C15H12N4O3.C8H10FN/c1-15(17-6-8-20(25)9-7-17)4-5-18-13-21-23(14-22(18)29(30)31)28(3)27-24(21)19-10-11-26-16(2)12-19;1-9-5-10(3-4-16-9)15-12-6-11(8-20)13(19(21)22)7-14(12)18(2)17-15;1-6(10)7-2-4-8(9)5-3-7/h6-15H,4-5H2,1-3H3;3-8H,1-2H3;2-6H,10H2,1H3/t15-;;6-/m0.1/s1. The molecular weight excluding hydrogens is 809 g/mol. The predicted octanol–water partition coefficient (Wildman–Crippen LogP) is 10.2. The van der Waals surface area contributed by atoms with E-state index in [-0.39, 0.29) is 45.5 Å². The van der Waals surface area contributed by atoms with E-state index < -0.39 is 4.92 Å². The zero-order valence-corrected chi connectivity index (χ0v) is 35.5. The molecule has 4 heterocycles. The maximum absolute atomic E-state index is 13.2. The molecule has 16 heteroatoms. The quantitative estimate of drug-likeness (QED) is 0.0787. The molecule has 63 heavy (non-hydrogen) atoms. The number of hydrogen-bond acceptors (Lipinski definition) is 10. The van der Waals surface area contributed by atoms with Gasteiger partial charge in [0.15, 0.2) is 6.29 Å². The minimum absolute atomic E-state index is 0.0133. The summed E-state index contributed by atoms with van der Waals surface area (Å²) in [4.78, 5) is 41.5. The van der Waals surface area contributed by atoms with Crippen LogP contribution >= 0.6 is 0 Å². The van der Waals surface area contributed by atoms with Crippen LogP contribution in [0.15, 0.2) is 109 Å². The maximum Gasteiger partial charge on any atom is 0.282 e. The third kappa shape index (κ3) is 10.5. The van der Waals surface area contributed by atoms with Crippen LogP contribution in [0.2, 0.25) is 0 Å². The fourth-order valence-electron chi connectivity index (χ4n) is 7.18. The van der Waals surface area contributed by atoms with E-state index in [1.807, 2.05) is 58.0 Å². The zero-order chi connectivity index (χ0) is 45.5. The molecule has 0 saturated carbocycles. The second-order valence-electron chi connectivity index (χ2n) is 15.2. The molecule has 0 bridgehead atoms. The Kier molecular flexibility index (Phi) is 13.9. The first-order valence-corrected chi connectivity index (χ1v) is 19.9. The molecule has 322 valence electrons. The van der Waals surface area contributed by atoms with E-state index in [0.29, 0.717) is 46.8 Å². The summed E-state index contributed by atoms with van der Waals surface area (Å²) < 4.78 is 28.8. The first-order chi connectivity index (χ1) is 30.0. The number of halogens is 2. The SMILES string of the molecule is C[C@@H](N)c1ccc(F)cc1.Cc1cc(-c2nn(C)c3cc([N+](=O)[O-])c(C=O)cc23)ccn1.Cc1cc(-c2nn(C)c3cc([N+](=O)[O-])c(CC[C@H](C)c4ccc(F)cc4)cc23)ccn1. The number of nitrogens with two attached hydrogens (primary N) is 1. The zero-order valence-electron chi connectivity index (χ0n) is 35.5. The lowest BCUT2D eigenvalue weighted by molar-refractivity contribution is -0.385. The van der Waals surface area contributed by atoms with Crippen molar-refractivity contribution >= 4 is 39.5 Å². The highest BCUT2D eigenvalue weighted by atomic mass is 19.1. The molecule has 4 aromatic heterocycles. The van der Waals surface area contributed by atoms with Crippen molar-refractivity contribution in [3.8, 4) is 22.5 Å². The summed E-state index contributed by atoms with van der Waals surface area (Å²) in [6.45, 7) is 7.71. The third-order valence-electron chi connectivity index (χ3n) is 10.6. The summed E-state index contributed by atoms with van der Waals surface area (Å²) in [5, 5.41) is 33.5. The van der Waals surface area contributed by atoms with Gasteiger partial charge in [0.1, 0.15) is 23.0 Å². The molecule has 14 nitrogen and oxygen atoms in total. The number of carbonyl (C=O) groups is 1. The Morgan fingerprint density at radius 3 is 1.59 bits per heavy atom. The van der Waals surface area contributed by atoms with Gasteiger partial charge in [-0.25, -0.2) is 8.78 Å². The van der Waals surface area contributed by atoms with Gasteiger partial charge in [0.2, 0.25) is 0 Å². The van der Waals surface area contributed by atoms with Crippen molar-refractivity contribution in [1.29, 1.82) is 0 Å². The molecule has 0 aliphatic heterocycles. The lowest BCUT2D eigenvalue weighted by Crippen LogP contribution is -2.04. The monoisotopic (exact) mass is 853 g/mol. The number of nitro groups is 2. The Bertz CT molecular complexity index is 2950. The minimum atomic E-state index is -0.563. The number of fused-ring (bicyclic) bond motifs is 2. The molecule has 0 aliphatic rings. The second kappa shape index (κ2) is 19.4. The van der Waals surface area contributed by atoms with E-state index in [0.717, 1.165) is 44.7 Å². The number of nitrogens with zero attached hydrogens (tertiary/aromatic N) is 8. The molecule has 0 aliphatic carbocycles. The maximum atomic E-state index is 13.2. The molecular formula is C47H45F2N9O5. The van der Waals surface area contributed by atoms with E-state index >= 15 is 0 Å². The largest absolute Gasteiger partial charge is 0.324 e. The van der Waals surface area contributed by atoms with Crippen molar-refractivity contribution in [2.75, 3.05) is 0 Å². The molecule has 0 unspecified atom stereocenters. The van der Waals surface area contributed by atoms with Crippen LogP contribution in [-0.2, 0) is 20.5 Å². The highest BCUT2D eigenvalue weighted by Crippen LogP contribution is 2.35. The fraction of sp³-hybridized carbons (Fsp3) is 0.213. The van der Waals surface area contributed by atoms with Crippen molar-refractivity contribution in [3.05, 3.63) is 175 Å². The predicted molar refractivity (Wildman–Crippen MR) is 238 cm³/mol. The van der Waals surface area contributed by atoms with Crippen LogP contribution in [0.4, 0.5) is 20.2 Å². The summed E-state index contributed by atoms with van der Waals surface area (Å²) in [6, 6.07) is 26.6. The minimum Gasteiger partial charge on any atom is -0.324 e. The van der Waals surface area contributed by atoms with Crippen LogP contribution in [0.1, 0.15) is 70.7 Å². The molecule has 0 radical (unpaired) electrons. The summed E-state index contributed by atoms with van der Waals surface area (Å²) >= 11 is 0. The van der Waals surface area contributed by atoms with Crippen molar-refractivity contribution in [2.24, 2.45) is 19.8 Å². The number of carbonyl (C=O) groups excluding carboxylic acids is 1. The molecule has 0 spiro atoms. The topological polar surface area (TPSA) is 191 Å². The van der Waals surface area contributed by atoms with Crippen LogP contribution in [0.5, 0.6) is 0 Å². The van der Waals surface area contributed by atoms with Crippen LogP contribution < -0.4 is 5.73 Å². The highest BCUT2D eigenvalue weighted by molar-refractivity contribution is 5.99. The van der Waals surface area contributed by atoms with E-state index in [9.17, 15) is 33.8 Å². The smallest absolute Gasteiger partial charge is 0.282 e. The molecule has 4 aromatic carbocycles. The van der Waals surface area contributed by atoms with Crippen molar-refractivity contribution in [2.45, 2.75) is 52.5 Å². The molecule has 0 fully saturated rings. The summed E-state index contributed by atoms with van der Waals surface area (Å²) in [6.07, 6.45) is 5.15.